The third kappa shape index (κ3) is 4.30. The first-order chi connectivity index (χ1) is 16.2. The number of sulfonamides is 1. The molecule has 0 aliphatic heterocycles. The molecule has 0 amide bonds. The normalized spacial score (nSPS) is 11.8. The van der Waals surface area contributed by atoms with E-state index in [4.69, 9.17) is 11.6 Å². The van der Waals surface area contributed by atoms with Gasteiger partial charge in [0.05, 0.1) is 21.2 Å². The summed E-state index contributed by atoms with van der Waals surface area (Å²) in [6.45, 7) is 2.33. The number of azo groups is 1. The number of hydrogen-bond acceptors (Lipinski definition) is 7. The van der Waals surface area contributed by atoms with Crippen LogP contribution in [0.2, 0.25) is 5.02 Å². The molecule has 4 aromatic rings. The summed E-state index contributed by atoms with van der Waals surface area (Å²) in [6, 6.07) is 16.5. The van der Waals surface area contributed by atoms with E-state index in [1.807, 2.05) is 19.1 Å². The van der Waals surface area contributed by atoms with Gasteiger partial charge in [0.2, 0.25) is 5.88 Å². The maximum Gasteiger partial charge on any atom is 0.270 e. The van der Waals surface area contributed by atoms with Crippen LogP contribution in [0.5, 0.6) is 5.88 Å². The Hall–Kier alpha value is -3.96. The number of rotatable bonds is 7. The molecular formula is C22H18ClN5O5S. The van der Waals surface area contributed by atoms with Crippen LogP contribution in [-0.4, -0.2) is 23.0 Å². The van der Waals surface area contributed by atoms with Gasteiger partial charge in [0.15, 0.2) is 5.69 Å². The first-order valence-corrected chi connectivity index (χ1v) is 11.9. The molecule has 0 saturated carbocycles. The maximum atomic E-state index is 13.1. The SMILES string of the molecule is CCn1c(O)c(N=Nc2ccc([N+](=O)[O-])cc2S(=O)(=O)Nc2ccccc2Cl)c2ccccc21. The van der Waals surface area contributed by atoms with Gasteiger partial charge in [0.25, 0.3) is 15.7 Å². The molecule has 0 bridgehead atoms. The Bertz CT molecular complexity index is 1550. The van der Waals surface area contributed by atoms with Crippen LogP contribution < -0.4 is 4.72 Å². The molecule has 0 unspecified atom stereocenters. The highest BCUT2D eigenvalue weighted by molar-refractivity contribution is 7.92. The van der Waals surface area contributed by atoms with Crippen molar-refractivity contribution >= 4 is 55.3 Å². The molecule has 4 rings (SSSR count). The Kier molecular flexibility index (Phi) is 6.22. The molecular weight excluding hydrogens is 482 g/mol. The maximum absolute atomic E-state index is 13.1. The summed E-state index contributed by atoms with van der Waals surface area (Å²) in [5.74, 6) is -0.132. The zero-order valence-electron chi connectivity index (χ0n) is 17.7. The molecule has 0 radical (unpaired) electrons. The topological polar surface area (TPSA) is 139 Å². The van der Waals surface area contributed by atoms with Gasteiger partial charge in [-0.3, -0.25) is 14.8 Å². The minimum atomic E-state index is -4.34. The van der Waals surface area contributed by atoms with Crippen LogP contribution in [0.3, 0.4) is 0 Å². The Morgan fingerprint density at radius 3 is 2.50 bits per heavy atom. The van der Waals surface area contributed by atoms with Crippen molar-refractivity contribution in [2.24, 2.45) is 10.2 Å². The molecule has 1 heterocycles. The van der Waals surface area contributed by atoms with Gasteiger partial charge in [-0.2, -0.15) is 0 Å². The zero-order chi connectivity index (χ0) is 24.5. The van der Waals surface area contributed by atoms with Gasteiger partial charge in [0, 0.05) is 24.1 Å². The monoisotopic (exact) mass is 499 g/mol. The zero-order valence-corrected chi connectivity index (χ0v) is 19.3. The van der Waals surface area contributed by atoms with Crippen molar-refractivity contribution in [3.05, 3.63) is 81.9 Å². The lowest BCUT2D eigenvalue weighted by molar-refractivity contribution is -0.385. The quantitative estimate of drug-likeness (QED) is 0.178. The van der Waals surface area contributed by atoms with E-state index >= 15 is 0 Å². The van der Waals surface area contributed by atoms with Gasteiger partial charge in [-0.1, -0.05) is 41.9 Å². The van der Waals surface area contributed by atoms with E-state index < -0.39 is 25.5 Å². The molecule has 10 nitrogen and oxygen atoms in total. The second-order valence-electron chi connectivity index (χ2n) is 7.13. The standard InChI is InChI=1S/C22H18ClN5O5S/c1-2-27-19-10-6-3-7-15(19)21(22(27)29)25-24-18-12-11-14(28(30)31)13-20(18)34(32,33)26-17-9-5-4-8-16(17)23/h3-13,26,29H,2H2,1H3. The molecule has 0 atom stereocenters. The first-order valence-electron chi connectivity index (χ1n) is 10.0. The second kappa shape index (κ2) is 9.12. The lowest BCUT2D eigenvalue weighted by Gasteiger charge is -2.11. The number of hydrogen-bond donors (Lipinski definition) is 2. The fourth-order valence-corrected chi connectivity index (χ4v) is 4.93. The van der Waals surface area contributed by atoms with Crippen LogP contribution in [0.4, 0.5) is 22.7 Å². The summed E-state index contributed by atoms with van der Waals surface area (Å²) >= 11 is 6.06. The summed E-state index contributed by atoms with van der Waals surface area (Å²) in [5, 5.41) is 30.8. The van der Waals surface area contributed by atoms with Crippen molar-refractivity contribution in [1.29, 1.82) is 0 Å². The summed E-state index contributed by atoms with van der Waals surface area (Å²) in [5.41, 5.74) is 0.385. The smallest absolute Gasteiger partial charge is 0.270 e. The molecule has 2 N–H and O–H groups in total. The van der Waals surface area contributed by atoms with Gasteiger partial charge in [-0.15, -0.1) is 10.2 Å². The number of aryl methyl sites for hydroxylation is 1. The number of aromatic nitrogens is 1. The Labute approximate surface area is 199 Å². The van der Waals surface area contributed by atoms with Crippen molar-refractivity contribution in [3.8, 4) is 5.88 Å². The number of para-hydroxylation sites is 2. The van der Waals surface area contributed by atoms with E-state index in [0.717, 1.165) is 17.6 Å². The number of nitro groups is 1. The van der Waals surface area contributed by atoms with Crippen molar-refractivity contribution in [1.82, 2.24) is 4.57 Å². The van der Waals surface area contributed by atoms with Gasteiger partial charge in [0.1, 0.15) is 10.6 Å². The lowest BCUT2D eigenvalue weighted by Crippen LogP contribution is -2.13. The molecule has 0 saturated heterocycles. The predicted molar refractivity (Wildman–Crippen MR) is 129 cm³/mol. The number of nitrogens with one attached hydrogen (secondary N) is 1. The lowest BCUT2D eigenvalue weighted by atomic mass is 10.2. The van der Waals surface area contributed by atoms with Crippen molar-refractivity contribution in [2.45, 2.75) is 18.4 Å². The number of nitro benzene ring substituents is 1. The predicted octanol–water partition coefficient (Wildman–Crippen LogP) is 6.14. The Balaban J connectivity index is 1.83. The van der Waals surface area contributed by atoms with E-state index in [2.05, 4.69) is 15.0 Å². The largest absolute Gasteiger partial charge is 0.493 e. The van der Waals surface area contributed by atoms with E-state index in [-0.39, 0.29) is 28.0 Å². The number of aromatic hydroxyl groups is 1. The third-order valence-corrected chi connectivity index (χ3v) is 6.78. The number of benzene rings is 3. The van der Waals surface area contributed by atoms with Gasteiger partial charge >= 0.3 is 0 Å². The summed E-state index contributed by atoms with van der Waals surface area (Å²) in [6.07, 6.45) is 0. The van der Waals surface area contributed by atoms with E-state index in [9.17, 15) is 23.6 Å². The Morgan fingerprint density at radius 2 is 1.79 bits per heavy atom. The number of non-ortho nitro benzene ring substituents is 1. The summed E-state index contributed by atoms with van der Waals surface area (Å²) in [4.78, 5) is 10.1. The Morgan fingerprint density at radius 1 is 1.09 bits per heavy atom. The van der Waals surface area contributed by atoms with Crippen molar-refractivity contribution < 1.29 is 18.4 Å². The number of anilines is 1. The average molecular weight is 500 g/mol. The van der Waals surface area contributed by atoms with Crippen LogP contribution in [-0.2, 0) is 16.6 Å². The fraction of sp³-hybridized carbons (Fsp3) is 0.0909. The van der Waals surface area contributed by atoms with E-state index in [0.29, 0.717) is 11.9 Å². The molecule has 12 heteroatoms. The fourth-order valence-electron chi connectivity index (χ4n) is 3.45. The molecule has 174 valence electrons. The molecule has 0 aliphatic carbocycles. The third-order valence-electron chi connectivity index (χ3n) is 5.05. The summed E-state index contributed by atoms with van der Waals surface area (Å²) in [7, 11) is -4.34. The second-order valence-corrected chi connectivity index (χ2v) is 9.19. The molecule has 3 aromatic carbocycles. The van der Waals surface area contributed by atoms with Crippen LogP contribution in [0, 0.1) is 10.1 Å². The van der Waals surface area contributed by atoms with Crippen LogP contribution in [0.1, 0.15) is 6.92 Å². The van der Waals surface area contributed by atoms with Crippen LogP contribution in [0.15, 0.2) is 81.9 Å². The highest BCUT2D eigenvalue weighted by Crippen LogP contribution is 2.40. The highest BCUT2D eigenvalue weighted by Gasteiger charge is 2.24. The molecule has 0 aliphatic rings. The summed E-state index contributed by atoms with van der Waals surface area (Å²) < 4.78 is 30.2. The van der Waals surface area contributed by atoms with Gasteiger partial charge < -0.3 is 9.67 Å². The molecule has 1 aromatic heterocycles. The van der Waals surface area contributed by atoms with Gasteiger partial charge in [-0.25, -0.2) is 8.42 Å². The highest BCUT2D eigenvalue weighted by atomic mass is 35.5. The van der Waals surface area contributed by atoms with Crippen LogP contribution in [0.25, 0.3) is 10.9 Å². The average Bonchev–Trinajstić information content (AvgIpc) is 3.09. The minimum Gasteiger partial charge on any atom is -0.493 e. The van der Waals surface area contributed by atoms with E-state index in [1.54, 1.807) is 28.8 Å². The van der Waals surface area contributed by atoms with Crippen LogP contribution >= 0.6 is 11.6 Å². The van der Waals surface area contributed by atoms with Crippen molar-refractivity contribution in [2.75, 3.05) is 4.72 Å². The van der Waals surface area contributed by atoms with Gasteiger partial charge in [-0.05, 0) is 31.2 Å². The number of halogens is 1. The number of fused-ring (bicyclic) bond motifs is 1. The van der Waals surface area contributed by atoms with E-state index in [1.165, 1.54) is 18.2 Å². The molecule has 0 spiro atoms. The van der Waals surface area contributed by atoms with Crippen molar-refractivity contribution in [3.63, 3.8) is 0 Å². The first kappa shape index (κ1) is 23.2. The minimum absolute atomic E-state index is 0.0993. The molecule has 0 fully saturated rings. The molecule has 34 heavy (non-hydrogen) atoms. The number of nitrogens with zero attached hydrogens (tertiary/aromatic N) is 4.